The third-order valence-corrected chi connectivity index (χ3v) is 6.61. The van der Waals surface area contributed by atoms with Gasteiger partial charge in [-0.25, -0.2) is 0 Å². The Balaban J connectivity index is 0. The van der Waals surface area contributed by atoms with Crippen LogP contribution in [0.15, 0.2) is 48.6 Å². The van der Waals surface area contributed by atoms with Crippen molar-refractivity contribution >= 4 is 171 Å². The number of rotatable bonds is 12. The van der Waals surface area contributed by atoms with Gasteiger partial charge in [-0.15, -0.1) is 11.6 Å². The predicted molar refractivity (Wildman–Crippen MR) is 259 cm³/mol. The minimum atomic E-state index is -0.176. The van der Waals surface area contributed by atoms with E-state index < -0.39 is 0 Å². The molecule has 0 saturated heterocycles. The average Bonchev–Trinajstić information content (AvgIpc) is 3.10. The van der Waals surface area contributed by atoms with Gasteiger partial charge in [0.1, 0.15) is 11.4 Å². The molecule has 2 aromatic carbocycles. The lowest BCUT2D eigenvalue weighted by Crippen LogP contribution is -2.14. The van der Waals surface area contributed by atoms with Crippen molar-refractivity contribution < 1.29 is 38.4 Å². The Morgan fingerprint density at radius 2 is 1.14 bits per heavy atom. The lowest BCUT2D eigenvalue weighted by atomic mass is 9.96. The van der Waals surface area contributed by atoms with Gasteiger partial charge >= 0.3 is 0 Å². The van der Waals surface area contributed by atoms with Gasteiger partial charge in [0.2, 0.25) is 0 Å². The molecule has 0 bridgehead atoms. The highest BCUT2D eigenvalue weighted by Crippen LogP contribution is 2.24. The monoisotopic (exact) mass is 1390 g/mol. The number of alkyl halides is 7. The molecule has 8 nitrogen and oxygen atoms in total. The molecule has 0 aromatic heterocycles. The van der Waals surface area contributed by atoms with E-state index in [-0.39, 0.29) is 29.9 Å². The van der Waals surface area contributed by atoms with Gasteiger partial charge in [0.25, 0.3) is 0 Å². The molecule has 2 aliphatic carbocycles. The van der Waals surface area contributed by atoms with E-state index >= 15 is 0 Å². The molecular weight excluding hydrogens is 1350 g/mol. The summed E-state index contributed by atoms with van der Waals surface area (Å²) in [4.78, 5) is 24.3. The highest BCUT2D eigenvalue weighted by Gasteiger charge is 2.12. The maximum Gasteiger partial charge on any atom is 0.160 e. The number of fused-ring (bicyclic) bond motifs is 2. The zero-order chi connectivity index (χ0) is 38.3. The largest absolute Gasteiger partial charge is 0.508 e. The summed E-state index contributed by atoms with van der Waals surface area (Å²) in [5, 5.41) is 9.14. The van der Waals surface area contributed by atoms with Gasteiger partial charge < -0.3 is 28.8 Å². The van der Waals surface area contributed by atoms with Crippen molar-refractivity contribution in [2.75, 3.05) is 48.3 Å². The molecule has 50 heavy (non-hydrogen) atoms. The van der Waals surface area contributed by atoms with E-state index in [1.807, 2.05) is 35.3 Å². The third-order valence-electron chi connectivity index (χ3n) is 6.35. The SMILES string of the molecule is CI.COC(CCCCl)OC.COC(CCCOc1ccc2c(c1)CC(=O)C=C2)OC.IC(I)I.ICI.O=C1C=Cc2ccc(O)cc2C1. The van der Waals surface area contributed by atoms with Gasteiger partial charge in [0.05, 0.1) is 9.04 Å². The second kappa shape index (κ2) is 36.0. The van der Waals surface area contributed by atoms with Crippen LogP contribution in [-0.2, 0) is 41.4 Å². The van der Waals surface area contributed by atoms with E-state index in [2.05, 4.69) is 136 Å². The highest BCUT2D eigenvalue weighted by molar-refractivity contribution is 14.3. The Morgan fingerprint density at radius 3 is 1.58 bits per heavy atom. The van der Waals surface area contributed by atoms with Crippen LogP contribution in [0.1, 0.15) is 47.9 Å². The topological polar surface area (TPSA) is 101 Å². The molecule has 2 aromatic rings. The van der Waals surface area contributed by atoms with Gasteiger partial charge in [-0.05, 0) is 82.9 Å². The van der Waals surface area contributed by atoms with Crippen LogP contribution in [0.5, 0.6) is 11.5 Å². The summed E-state index contributed by atoms with van der Waals surface area (Å²) in [6.45, 7) is 0.603. The maximum absolute atomic E-state index is 11.4. The molecule has 4 rings (SSSR count). The summed E-state index contributed by atoms with van der Waals surface area (Å²) in [6, 6.07) is 10.9. The van der Waals surface area contributed by atoms with Crippen molar-refractivity contribution in [1.82, 2.24) is 0 Å². The molecule has 0 fully saturated rings. The van der Waals surface area contributed by atoms with E-state index in [4.69, 9.17) is 40.4 Å². The second-order valence-corrected chi connectivity index (χ2v) is 25.4. The number of ketones is 2. The summed E-state index contributed by atoms with van der Waals surface area (Å²) >= 11 is 19.1. The first-order chi connectivity index (χ1) is 24.0. The lowest BCUT2D eigenvalue weighted by Gasteiger charge is -2.14. The molecule has 0 amide bonds. The first-order valence-electron chi connectivity index (χ1n) is 15.1. The number of phenolic OH excluding ortho intramolecular Hbond substituents is 1. The van der Waals surface area contributed by atoms with Crippen LogP contribution < -0.4 is 4.74 Å². The van der Waals surface area contributed by atoms with Gasteiger partial charge in [-0.1, -0.05) is 160 Å². The number of carbonyl (C=O) groups is 2. The van der Waals surface area contributed by atoms with Crippen molar-refractivity contribution in [1.29, 1.82) is 0 Å². The first kappa shape index (κ1) is 53.5. The van der Waals surface area contributed by atoms with E-state index in [1.54, 1.807) is 58.8 Å². The van der Waals surface area contributed by atoms with Crippen molar-refractivity contribution in [2.24, 2.45) is 0 Å². The maximum atomic E-state index is 11.4. The van der Waals surface area contributed by atoms with Crippen molar-refractivity contribution in [2.45, 2.75) is 51.0 Å². The van der Waals surface area contributed by atoms with Crippen LogP contribution in [0.4, 0.5) is 0 Å². The van der Waals surface area contributed by atoms with Crippen LogP contribution in [0, 0.1) is 0 Å². The summed E-state index contributed by atoms with van der Waals surface area (Å²) in [7, 11) is 6.51. The van der Waals surface area contributed by atoms with Crippen LogP contribution in [0.25, 0.3) is 12.2 Å². The number of halogens is 7. The number of hydrogen-bond acceptors (Lipinski definition) is 8. The molecule has 15 heteroatoms. The van der Waals surface area contributed by atoms with Crippen molar-refractivity contribution in [3.05, 3.63) is 70.8 Å². The molecule has 284 valence electrons. The molecule has 0 spiro atoms. The van der Waals surface area contributed by atoms with E-state index in [0.29, 0.717) is 25.3 Å². The lowest BCUT2D eigenvalue weighted by molar-refractivity contribution is -0.114. The molecule has 2 aliphatic rings. The molecule has 0 saturated carbocycles. The molecular formula is C35H47ClI6O8. The molecule has 1 N–H and O–H groups in total. The Morgan fingerprint density at radius 1 is 0.720 bits per heavy atom. The predicted octanol–water partition coefficient (Wildman–Crippen LogP) is 11.2. The van der Waals surface area contributed by atoms with Crippen LogP contribution in [0.2, 0.25) is 0 Å². The van der Waals surface area contributed by atoms with Gasteiger partial charge in [-0.3, -0.25) is 9.59 Å². The summed E-state index contributed by atoms with van der Waals surface area (Å²) in [6.07, 6.45) is 10.9. The molecule has 0 aliphatic heterocycles. The fraction of sp³-hybridized carbons (Fsp3) is 0.486. The van der Waals surface area contributed by atoms with Crippen LogP contribution >= 0.6 is 147 Å². The Hall–Kier alpha value is 1.37. The Bertz CT molecular complexity index is 1240. The first-order valence-corrected chi connectivity index (χ1v) is 24.5. The van der Waals surface area contributed by atoms with Crippen molar-refractivity contribution in [3.8, 4) is 11.5 Å². The van der Waals surface area contributed by atoms with Gasteiger partial charge in [0, 0.05) is 53.6 Å². The number of ether oxygens (including phenoxy) is 5. The zero-order valence-electron chi connectivity index (χ0n) is 28.8. The Kier molecular flexibility index (Phi) is 38.5. The minimum absolute atomic E-state index is 0.0799. The summed E-state index contributed by atoms with van der Waals surface area (Å²) < 4.78 is 27.7. The molecule has 0 heterocycles. The standard InChI is InChI=1S/C16H20O4.C10H8O2.C6H13ClO2.CHI3.CH2I2.CH3I/c1-18-16(19-2)4-3-9-20-15-8-6-12-5-7-14(17)10-13(12)11-15;11-9-3-1-7-2-4-10(12)6-8(7)5-9;1-8-6(9-2)4-3-5-7;2-1(3)4;2-1-3;1-2/h5-8,11,16H,3-4,9-10H2,1-2H3;1-5,11H,6H2;6H,3-5H2,1-2H3;1H;1H2;1H3. The van der Waals surface area contributed by atoms with E-state index in [1.165, 1.54) is 2.43 Å². The molecule has 0 unspecified atom stereocenters. The zero-order valence-corrected chi connectivity index (χ0v) is 42.5. The minimum Gasteiger partial charge on any atom is -0.508 e. The van der Waals surface area contributed by atoms with Crippen molar-refractivity contribution in [3.63, 3.8) is 0 Å². The summed E-state index contributed by atoms with van der Waals surface area (Å²) in [5.41, 5.74) is 4.05. The number of allylic oxidation sites excluding steroid dienone is 2. The van der Waals surface area contributed by atoms with Gasteiger partial charge in [0.15, 0.2) is 24.1 Å². The highest BCUT2D eigenvalue weighted by atomic mass is 127. The number of methoxy groups -OCH3 is 4. The summed E-state index contributed by atoms with van der Waals surface area (Å²) in [5.74, 6) is 1.92. The normalized spacial score (nSPS) is 12.1. The van der Waals surface area contributed by atoms with E-state index in [0.717, 1.165) is 53.6 Å². The average molecular weight is 1390 g/mol. The molecule has 0 atom stereocenters. The fourth-order valence-corrected chi connectivity index (χ4v) is 4.26. The quantitative estimate of drug-likeness (QED) is 0.0971. The number of hydrogen-bond donors (Lipinski definition) is 1. The van der Waals surface area contributed by atoms with Crippen LogP contribution in [0.3, 0.4) is 0 Å². The number of aromatic hydroxyl groups is 1. The fourth-order valence-electron chi connectivity index (χ4n) is 4.10. The van der Waals surface area contributed by atoms with Crippen LogP contribution in [-0.4, -0.2) is 77.5 Å². The third kappa shape index (κ3) is 27.9. The Labute approximate surface area is 385 Å². The number of carbonyl (C=O) groups excluding carboxylic acids is 2. The second-order valence-electron chi connectivity index (χ2n) is 9.67. The number of phenols is 1. The van der Waals surface area contributed by atoms with E-state index in [9.17, 15) is 9.59 Å². The number of benzene rings is 2. The smallest absolute Gasteiger partial charge is 0.160 e. The van der Waals surface area contributed by atoms with Gasteiger partial charge in [-0.2, -0.15) is 0 Å². The molecule has 0 radical (unpaired) electrons.